The maximum Gasteiger partial charge on any atom is 0.132 e. The maximum atomic E-state index is 11.1. The lowest BCUT2D eigenvalue weighted by atomic mass is 10.0. The number of rotatable bonds is 4. The number of Topliss-reactive ketones (excluding diaryl/α,β-unsaturated/α-hetero) is 1. The Hall–Kier alpha value is -1.61. The molecule has 96 valence electrons. The van der Waals surface area contributed by atoms with Gasteiger partial charge >= 0.3 is 0 Å². The van der Waals surface area contributed by atoms with E-state index >= 15 is 0 Å². The molecule has 0 fully saturated rings. The predicted octanol–water partition coefficient (Wildman–Crippen LogP) is 3.06. The molecular weight excluding hydrogens is 228 g/mol. The molecule has 0 radical (unpaired) electrons. The zero-order valence-electron chi connectivity index (χ0n) is 10.8. The average molecular weight is 246 g/mol. The van der Waals surface area contributed by atoms with Crippen molar-refractivity contribution in [3.8, 4) is 5.75 Å². The molecule has 1 heterocycles. The number of ether oxygens (including phenoxy) is 2. The second-order valence-electron chi connectivity index (χ2n) is 4.51. The normalized spacial score (nSPS) is 22.8. The molecule has 0 bridgehead atoms. The SMILES string of the molecule is COc1ccc([C@@H]2CC=C[C@H](CC(C)=O)O2)cc1. The predicted molar refractivity (Wildman–Crippen MR) is 69.7 cm³/mol. The summed E-state index contributed by atoms with van der Waals surface area (Å²) in [5.74, 6) is 0.991. The van der Waals surface area contributed by atoms with Gasteiger partial charge < -0.3 is 9.47 Å². The molecule has 1 aromatic carbocycles. The van der Waals surface area contributed by atoms with Crippen molar-refractivity contribution in [2.75, 3.05) is 7.11 Å². The molecule has 0 aromatic heterocycles. The van der Waals surface area contributed by atoms with Crippen molar-refractivity contribution < 1.29 is 14.3 Å². The molecule has 3 nitrogen and oxygen atoms in total. The fourth-order valence-corrected chi connectivity index (χ4v) is 2.10. The molecule has 0 spiro atoms. The first kappa shape index (κ1) is 12.8. The second kappa shape index (κ2) is 5.83. The van der Waals surface area contributed by atoms with Gasteiger partial charge in [-0.25, -0.2) is 0 Å². The van der Waals surface area contributed by atoms with Gasteiger partial charge in [0.15, 0.2) is 0 Å². The largest absolute Gasteiger partial charge is 0.497 e. The lowest BCUT2D eigenvalue weighted by Crippen LogP contribution is -2.20. The Morgan fingerprint density at radius 1 is 1.39 bits per heavy atom. The third-order valence-electron chi connectivity index (χ3n) is 3.02. The van der Waals surface area contributed by atoms with Crippen LogP contribution in [0, 0.1) is 0 Å². The molecule has 18 heavy (non-hydrogen) atoms. The molecule has 0 unspecified atom stereocenters. The Morgan fingerprint density at radius 2 is 2.11 bits per heavy atom. The highest BCUT2D eigenvalue weighted by Gasteiger charge is 2.20. The van der Waals surface area contributed by atoms with Crippen molar-refractivity contribution in [2.24, 2.45) is 0 Å². The number of methoxy groups -OCH3 is 1. The quantitative estimate of drug-likeness (QED) is 0.766. The van der Waals surface area contributed by atoms with Gasteiger partial charge in [-0.15, -0.1) is 0 Å². The molecule has 0 N–H and O–H groups in total. The Kier molecular flexibility index (Phi) is 4.15. The average Bonchev–Trinajstić information content (AvgIpc) is 2.38. The Balaban J connectivity index is 2.04. The fourth-order valence-electron chi connectivity index (χ4n) is 2.10. The van der Waals surface area contributed by atoms with E-state index in [4.69, 9.17) is 9.47 Å². The van der Waals surface area contributed by atoms with E-state index in [9.17, 15) is 4.79 Å². The summed E-state index contributed by atoms with van der Waals surface area (Å²) in [6.07, 6.45) is 5.30. The number of ketones is 1. The smallest absolute Gasteiger partial charge is 0.132 e. The lowest BCUT2D eigenvalue weighted by Gasteiger charge is -2.25. The van der Waals surface area contributed by atoms with Crippen LogP contribution >= 0.6 is 0 Å². The zero-order valence-corrected chi connectivity index (χ0v) is 10.8. The fraction of sp³-hybridized carbons (Fsp3) is 0.400. The Labute approximate surface area is 107 Å². The van der Waals surface area contributed by atoms with Gasteiger partial charge in [0.25, 0.3) is 0 Å². The van der Waals surface area contributed by atoms with Crippen molar-refractivity contribution in [3.05, 3.63) is 42.0 Å². The van der Waals surface area contributed by atoms with Crippen LogP contribution in [0.1, 0.15) is 31.4 Å². The van der Waals surface area contributed by atoms with Gasteiger partial charge in [-0.1, -0.05) is 24.3 Å². The first-order valence-electron chi connectivity index (χ1n) is 6.14. The van der Waals surface area contributed by atoms with E-state index in [0.29, 0.717) is 6.42 Å². The van der Waals surface area contributed by atoms with Gasteiger partial charge in [-0.3, -0.25) is 4.79 Å². The van der Waals surface area contributed by atoms with Crippen molar-refractivity contribution in [1.29, 1.82) is 0 Å². The molecule has 1 aliphatic heterocycles. The first-order valence-corrected chi connectivity index (χ1v) is 6.14. The summed E-state index contributed by atoms with van der Waals surface area (Å²) in [6.45, 7) is 1.59. The molecule has 3 heteroatoms. The van der Waals surface area contributed by atoms with E-state index in [1.807, 2.05) is 30.3 Å². The molecule has 0 amide bonds. The van der Waals surface area contributed by atoms with Gasteiger partial charge in [-0.05, 0) is 31.0 Å². The summed E-state index contributed by atoms with van der Waals surface area (Å²) in [5.41, 5.74) is 1.12. The number of hydrogen-bond acceptors (Lipinski definition) is 3. The molecule has 1 aliphatic rings. The summed E-state index contributed by atoms with van der Waals surface area (Å²) in [4.78, 5) is 11.1. The monoisotopic (exact) mass is 246 g/mol. The first-order chi connectivity index (χ1) is 8.69. The highest BCUT2D eigenvalue weighted by atomic mass is 16.5. The van der Waals surface area contributed by atoms with Gasteiger partial charge in [0.05, 0.1) is 19.3 Å². The Morgan fingerprint density at radius 3 is 2.72 bits per heavy atom. The van der Waals surface area contributed by atoms with E-state index in [2.05, 4.69) is 6.08 Å². The van der Waals surface area contributed by atoms with Gasteiger partial charge in [-0.2, -0.15) is 0 Å². The highest BCUT2D eigenvalue weighted by Crippen LogP contribution is 2.29. The van der Waals surface area contributed by atoms with Crippen LogP contribution in [0.2, 0.25) is 0 Å². The van der Waals surface area contributed by atoms with E-state index in [1.165, 1.54) is 0 Å². The van der Waals surface area contributed by atoms with Crippen LogP contribution in [0.25, 0.3) is 0 Å². The number of carbonyl (C=O) groups is 1. The van der Waals surface area contributed by atoms with E-state index < -0.39 is 0 Å². The minimum absolute atomic E-state index is 0.0326. The van der Waals surface area contributed by atoms with Crippen molar-refractivity contribution in [3.63, 3.8) is 0 Å². The van der Waals surface area contributed by atoms with Crippen LogP contribution in [0.3, 0.4) is 0 Å². The van der Waals surface area contributed by atoms with Crippen LogP contribution in [0.15, 0.2) is 36.4 Å². The molecule has 2 atom stereocenters. The van der Waals surface area contributed by atoms with Crippen LogP contribution in [0.5, 0.6) is 5.75 Å². The second-order valence-corrected chi connectivity index (χ2v) is 4.51. The minimum Gasteiger partial charge on any atom is -0.497 e. The number of benzene rings is 1. The number of carbonyl (C=O) groups excluding carboxylic acids is 1. The van der Waals surface area contributed by atoms with Gasteiger partial charge in [0, 0.05) is 6.42 Å². The van der Waals surface area contributed by atoms with Gasteiger partial charge in [0.2, 0.25) is 0 Å². The lowest BCUT2D eigenvalue weighted by molar-refractivity contribution is -0.120. The summed E-state index contributed by atoms with van der Waals surface area (Å²) in [5, 5.41) is 0. The van der Waals surface area contributed by atoms with Crippen LogP contribution < -0.4 is 4.74 Å². The molecule has 0 saturated heterocycles. The molecule has 0 saturated carbocycles. The summed E-state index contributed by atoms with van der Waals surface area (Å²) < 4.78 is 11.0. The highest BCUT2D eigenvalue weighted by molar-refractivity contribution is 5.76. The minimum atomic E-state index is -0.0941. The number of hydrogen-bond donors (Lipinski definition) is 0. The van der Waals surface area contributed by atoms with Crippen molar-refractivity contribution >= 4 is 5.78 Å². The molecule has 1 aromatic rings. The topological polar surface area (TPSA) is 35.5 Å². The third kappa shape index (κ3) is 3.20. The standard InChI is InChI=1S/C15H18O3/c1-11(16)10-14-4-3-5-15(18-14)12-6-8-13(17-2)9-7-12/h3-4,6-9,14-15H,5,10H2,1-2H3/t14-,15+/m1/s1. The van der Waals surface area contributed by atoms with E-state index in [0.717, 1.165) is 17.7 Å². The van der Waals surface area contributed by atoms with Gasteiger partial charge in [0.1, 0.15) is 11.5 Å². The summed E-state index contributed by atoms with van der Waals surface area (Å²) >= 11 is 0. The molecular formula is C15H18O3. The Bertz CT molecular complexity index is 434. The van der Waals surface area contributed by atoms with Crippen LogP contribution in [-0.4, -0.2) is 19.0 Å². The summed E-state index contributed by atoms with van der Waals surface area (Å²) in [6, 6.07) is 7.87. The van der Waals surface area contributed by atoms with Crippen LogP contribution in [0.4, 0.5) is 0 Å². The zero-order chi connectivity index (χ0) is 13.0. The van der Waals surface area contributed by atoms with Crippen molar-refractivity contribution in [1.82, 2.24) is 0 Å². The summed E-state index contributed by atoms with van der Waals surface area (Å²) in [7, 11) is 1.65. The van der Waals surface area contributed by atoms with E-state index in [-0.39, 0.29) is 18.0 Å². The molecule has 2 rings (SSSR count). The van der Waals surface area contributed by atoms with Crippen molar-refractivity contribution in [2.45, 2.75) is 32.0 Å². The van der Waals surface area contributed by atoms with Crippen LogP contribution in [-0.2, 0) is 9.53 Å². The molecule has 0 aliphatic carbocycles. The maximum absolute atomic E-state index is 11.1. The van der Waals surface area contributed by atoms with E-state index in [1.54, 1.807) is 14.0 Å². The third-order valence-corrected chi connectivity index (χ3v) is 3.02.